The van der Waals surface area contributed by atoms with Crippen molar-refractivity contribution in [2.45, 2.75) is 36.6 Å². The summed E-state index contributed by atoms with van der Waals surface area (Å²) >= 11 is 1.64. The number of anilines is 1. The van der Waals surface area contributed by atoms with Gasteiger partial charge in [-0.05, 0) is 43.2 Å². The largest absolute Gasteiger partial charge is 0.480 e. The van der Waals surface area contributed by atoms with Crippen molar-refractivity contribution in [3.05, 3.63) is 96.1 Å². The summed E-state index contributed by atoms with van der Waals surface area (Å²) in [6.45, 7) is 3.65. The number of nitrogens with zero attached hydrogens (tertiary/aromatic N) is 1. The molecule has 3 aromatic carbocycles. The maximum atomic E-state index is 12.9. The van der Waals surface area contributed by atoms with Crippen LogP contribution in [0.1, 0.15) is 30.2 Å². The minimum absolute atomic E-state index is 0.0714. The Hall–Kier alpha value is -3.25. The average molecular weight is 436 g/mol. The van der Waals surface area contributed by atoms with Gasteiger partial charge >= 0.3 is 12.1 Å². The molecule has 0 aromatic heterocycles. The number of aliphatic carboxylic acids is 1. The highest BCUT2D eigenvalue weighted by atomic mass is 32.2. The number of hydrogen-bond acceptors (Lipinski definition) is 4. The zero-order valence-electron chi connectivity index (χ0n) is 17.5. The van der Waals surface area contributed by atoms with Crippen molar-refractivity contribution >= 4 is 29.5 Å². The lowest BCUT2D eigenvalue weighted by molar-refractivity contribution is -0.138. The molecule has 0 aliphatic carbocycles. The van der Waals surface area contributed by atoms with E-state index in [0.717, 1.165) is 10.5 Å². The maximum absolute atomic E-state index is 12.9. The van der Waals surface area contributed by atoms with Gasteiger partial charge in [0.2, 0.25) is 0 Å². The molecular weight excluding hydrogens is 410 g/mol. The SMILES string of the molecule is CC(Sc1cccc(N(C(=O)OCc2ccccc2)[C@@H](C)C(=O)O)c1)c1ccccc1. The molecule has 1 N–H and O–H groups in total. The number of amides is 1. The van der Waals surface area contributed by atoms with E-state index in [1.165, 1.54) is 17.4 Å². The van der Waals surface area contributed by atoms with Crippen molar-refractivity contribution < 1.29 is 19.4 Å². The van der Waals surface area contributed by atoms with Gasteiger partial charge in [-0.2, -0.15) is 0 Å². The topological polar surface area (TPSA) is 66.8 Å². The lowest BCUT2D eigenvalue weighted by Gasteiger charge is -2.26. The maximum Gasteiger partial charge on any atom is 0.415 e. The third-order valence-corrected chi connectivity index (χ3v) is 5.98. The van der Waals surface area contributed by atoms with Gasteiger partial charge in [0.1, 0.15) is 12.6 Å². The standard InChI is InChI=1S/C25H25NO4S/c1-18(24(27)28)26(25(29)30-17-20-10-5-3-6-11-20)22-14-9-15-23(16-22)31-19(2)21-12-7-4-8-13-21/h3-16,18-19H,17H2,1-2H3,(H,27,28)/t18-,19?/m0/s1. The summed E-state index contributed by atoms with van der Waals surface area (Å²) in [5.41, 5.74) is 2.51. The van der Waals surface area contributed by atoms with Crippen molar-refractivity contribution in [2.75, 3.05) is 4.90 Å². The molecule has 0 aliphatic heterocycles. The Balaban J connectivity index is 1.79. The molecule has 3 aromatic rings. The van der Waals surface area contributed by atoms with Gasteiger partial charge in [0.15, 0.2) is 0 Å². The highest BCUT2D eigenvalue weighted by Gasteiger charge is 2.29. The Morgan fingerprint density at radius 3 is 2.23 bits per heavy atom. The average Bonchev–Trinajstić information content (AvgIpc) is 2.79. The molecule has 6 heteroatoms. The quantitative estimate of drug-likeness (QED) is 0.430. The van der Waals surface area contributed by atoms with Crippen LogP contribution in [0.25, 0.3) is 0 Å². The Kier molecular flexibility index (Phi) is 7.73. The molecule has 2 atom stereocenters. The van der Waals surface area contributed by atoms with Crippen molar-refractivity contribution in [1.29, 1.82) is 0 Å². The van der Waals surface area contributed by atoms with E-state index in [2.05, 4.69) is 19.1 Å². The summed E-state index contributed by atoms with van der Waals surface area (Å²) in [6, 6.07) is 25.7. The number of hydrogen-bond donors (Lipinski definition) is 1. The number of carboxylic acids is 1. The molecule has 0 spiro atoms. The van der Waals surface area contributed by atoms with E-state index >= 15 is 0 Å². The summed E-state index contributed by atoms with van der Waals surface area (Å²) in [7, 11) is 0. The molecule has 0 aliphatic rings. The fourth-order valence-electron chi connectivity index (χ4n) is 3.09. The number of carbonyl (C=O) groups excluding carboxylic acids is 1. The molecule has 0 radical (unpaired) electrons. The van der Waals surface area contributed by atoms with E-state index in [1.807, 2.05) is 66.7 Å². The van der Waals surface area contributed by atoms with Crippen LogP contribution in [0.3, 0.4) is 0 Å². The van der Waals surface area contributed by atoms with Crippen LogP contribution in [-0.2, 0) is 16.1 Å². The normalized spacial score (nSPS) is 12.6. The minimum atomic E-state index is -1.10. The van der Waals surface area contributed by atoms with E-state index in [1.54, 1.807) is 17.8 Å². The van der Waals surface area contributed by atoms with E-state index < -0.39 is 18.1 Å². The number of benzene rings is 3. The monoisotopic (exact) mass is 435 g/mol. The number of rotatable bonds is 8. The van der Waals surface area contributed by atoms with E-state index in [0.29, 0.717) is 5.69 Å². The Morgan fingerprint density at radius 1 is 0.935 bits per heavy atom. The van der Waals surface area contributed by atoms with Crippen molar-refractivity contribution in [2.24, 2.45) is 0 Å². The van der Waals surface area contributed by atoms with Crippen LogP contribution in [0.15, 0.2) is 89.8 Å². The number of carbonyl (C=O) groups is 2. The van der Waals surface area contributed by atoms with E-state index in [-0.39, 0.29) is 11.9 Å². The van der Waals surface area contributed by atoms with Crippen LogP contribution in [-0.4, -0.2) is 23.2 Å². The second kappa shape index (κ2) is 10.7. The third-order valence-electron chi connectivity index (χ3n) is 4.82. The first-order chi connectivity index (χ1) is 15.0. The molecule has 5 nitrogen and oxygen atoms in total. The van der Waals surface area contributed by atoms with Crippen molar-refractivity contribution in [3.63, 3.8) is 0 Å². The molecule has 160 valence electrons. The zero-order chi connectivity index (χ0) is 22.2. The smallest absolute Gasteiger partial charge is 0.415 e. The van der Waals surface area contributed by atoms with Gasteiger partial charge in [-0.3, -0.25) is 4.90 Å². The highest BCUT2D eigenvalue weighted by Crippen LogP contribution is 2.36. The van der Waals surface area contributed by atoms with Crippen LogP contribution < -0.4 is 4.90 Å². The zero-order valence-corrected chi connectivity index (χ0v) is 18.3. The molecular formula is C25H25NO4S. The van der Waals surface area contributed by atoms with Gasteiger partial charge in [-0.25, -0.2) is 9.59 Å². The highest BCUT2D eigenvalue weighted by molar-refractivity contribution is 7.99. The predicted molar refractivity (Wildman–Crippen MR) is 123 cm³/mol. The molecule has 1 unspecified atom stereocenters. The van der Waals surface area contributed by atoms with Gasteiger partial charge in [0.05, 0.1) is 0 Å². The summed E-state index contributed by atoms with van der Waals surface area (Å²) in [5.74, 6) is -1.10. The summed E-state index contributed by atoms with van der Waals surface area (Å²) in [4.78, 5) is 26.7. The molecule has 0 fully saturated rings. The Morgan fingerprint density at radius 2 is 1.58 bits per heavy atom. The minimum Gasteiger partial charge on any atom is -0.480 e. The summed E-state index contributed by atoms with van der Waals surface area (Å²) in [6.07, 6.45) is -0.697. The molecule has 0 saturated heterocycles. The Labute approximate surface area is 186 Å². The lowest BCUT2D eigenvalue weighted by atomic mass is 10.2. The van der Waals surface area contributed by atoms with Gasteiger partial charge in [0, 0.05) is 15.8 Å². The lowest BCUT2D eigenvalue weighted by Crippen LogP contribution is -2.43. The molecule has 0 saturated carbocycles. The number of ether oxygens (including phenoxy) is 1. The number of thioether (sulfide) groups is 1. The molecule has 31 heavy (non-hydrogen) atoms. The van der Waals surface area contributed by atoms with Gasteiger partial charge in [-0.1, -0.05) is 66.7 Å². The molecule has 1 amide bonds. The first-order valence-corrected chi connectivity index (χ1v) is 10.9. The molecule has 0 bridgehead atoms. The van der Waals surface area contributed by atoms with Crippen LogP contribution >= 0.6 is 11.8 Å². The third kappa shape index (κ3) is 6.12. The first kappa shape index (κ1) is 22.4. The second-order valence-corrected chi connectivity index (χ2v) is 8.51. The first-order valence-electron chi connectivity index (χ1n) is 10.00. The van der Waals surface area contributed by atoms with Crippen LogP contribution in [0, 0.1) is 0 Å². The van der Waals surface area contributed by atoms with Gasteiger partial charge in [0.25, 0.3) is 0 Å². The molecule has 3 rings (SSSR count). The Bertz CT molecular complexity index is 1010. The fourth-order valence-corrected chi connectivity index (χ4v) is 4.14. The van der Waals surface area contributed by atoms with Gasteiger partial charge < -0.3 is 9.84 Å². The fraction of sp³-hybridized carbons (Fsp3) is 0.200. The van der Waals surface area contributed by atoms with Crippen molar-refractivity contribution in [3.8, 4) is 0 Å². The summed E-state index contributed by atoms with van der Waals surface area (Å²) < 4.78 is 5.42. The second-order valence-electron chi connectivity index (χ2n) is 7.09. The van der Waals surface area contributed by atoms with E-state index in [4.69, 9.17) is 4.74 Å². The van der Waals surface area contributed by atoms with E-state index in [9.17, 15) is 14.7 Å². The van der Waals surface area contributed by atoms with Crippen LogP contribution in [0.4, 0.5) is 10.5 Å². The predicted octanol–water partition coefficient (Wildman–Crippen LogP) is 6.16. The van der Waals surface area contributed by atoms with Crippen LogP contribution in [0.2, 0.25) is 0 Å². The van der Waals surface area contributed by atoms with Crippen LogP contribution in [0.5, 0.6) is 0 Å². The van der Waals surface area contributed by atoms with Gasteiger partial charge in [-0.15, -0.1) is 11.8 Å². The molecule has 0 heterocycles. The number of carboxylic acid groups (broad SMARTS) is 1. The summed E-state index contributed by atoms with van der Waals surface area (Å²) in [5, 5.41) is 9.76. The van der Waals surface area contributed by atoms with Crippen molar-refractivity contribution in [1.82, 2.24) is 0 Å².